The van der Waals surface area contributed by atoms with Crippen LogP contribution in [0, 0.1) is 13.8 Å². The van der Waals surface area contributed by atoms with Crippen LogP contribution in [0.5, 0.6) is 0 Å². The lowest BCUT2D eigenvalue weighted by atomic mass is 10.1. The molecule has 0 saturated carbocycles. The number of hydrogen-bond donors (Lipinski definition) is 1. The first-order valence-electron chi connectivity index (χ1n) is 4.69. The van der Waals surface area contributed by atoms with Crippen molar-refractivity contribution in [2.24, 2.45) is 0 Å². The molecular formula is C11H15NS. The lowest BCUT2D eigenvalue weighted by Gasteiger charge is -2.13. The number of nitrogens with one attached hydrogen (secondary N) is 1. The van der Waals surface area contributed by atoms with Gasteiger partial charge in [-0.25, -0.2) is 0 Å². The Morgan fingerprint density at radius 2 is 2.23 bits per heavy atom. The Morgan fingerprint density at radius 3 is 2.92 bits per heavy atom. The fraction of sp³-hybridized carbons (Fsp3) is 0.455. The second kappa shape index (κ2) is 3.72. The van der Waals surface area contributed by atoms with E-state index in [2.05, 4.69) is 37.4 Å². The molecule has 1 saturated heterocycles. The van der Waals surface area contributed by atoms with Gasteiger partial charge in [-0.3, -0.25) is 0 Å². The third-order valence-corrected chi connectivity index (χ3v) is 3.63. The molecule has 1 nitrogen and oxygen atoms in total. The Morgan fingerprint density at radius 1 is 1.38 bits per heavy atom. The maximum Gasteiger partial charge on any atom is 0.0792 e. The second-order valence-corrected chi connectivity index (χ2v) is 4.78. The van der Waals surface area contributed by atoms with Gasteiger partial charge in [0.25, 0.3) is 0 Å². The van der Waals surface area contributed by atoms with Gasteiger partial charge in [0.1, 0.15) is 0 Å². The van der Waals surface area contributed by atoms with Crippen molar-refractivity contribution in [3.8, 4) is 0 Å². The van der Waals surface area contributed by atoms with E-state index in [1.807, 2.05) is 11.8 Å². The number of thioether (sulfide) groups is 1. The molecular weight excluding hydrogens is 178 g/mol. The summed E-state index contributed by atoms with van der Waals surface area (Å²) in [6, 6.07) is 6.69. The quantitative estimate of drug-likeness (QED) is 0.736. The fourth-order valence-electron chi connectivity index (χ4n) is 1.67. The van der Waals surface area contributed by atoms with Crippen LogP contribution in [0.4, 0.5) is 0 Å². The molecule has 1 aliphatic rings. The summed E-state index contributed by atoms with van der Waals surface area (Å²) in [5, 5.41) is 4.03. The van der Waals surface area contributed by atoms with Crippen molar-refractivity contribution in [2.75, 3.05) is 12.3 Å². The molecule has 1 unspecified atom stereocenters. The van der Waals surface area contributed by atoms with Crippen molar-refractivity contribution in [1.29, 1.82) is 0 Å². The summed E-state index contributed by atoms with van der Waals surface area (Å²) in [6.45, 7) is 5.49. The molecule has 2 rings (SSSR count). The van der Waals surface area contributed by atoms with E-state index < -0.39 is 0 Å². The Balaban J connectivity index is 2.32. The highest BCUT2D eigenvalue weighted by molar-refractivity contribution is 7.99. The van der Waals surface area contributed by atoms with E-state index in [9.17, 15) is 0 Å². The van der Waals surface area contributed by atoms with Gasteiger partial charge in [0.2, 0.25) is 0 Å². The predicted octanol–water partition coefficient (Wildman–Crippen LogP) is 2.64. The molecule has 0 bridgehead atoms. The van der Waals surface area contributed by atoms with Gasteiger partial charge in [0, 0.05) is 12.3 Å². The van der Waals surface area contributed by atoms with E-state index in [4.69, 9.17) is 0 Å². The molecule has 0 spiro atoms. The minimum absolute atomic E-state index is 0.528. The molecule has 1 aromatic carbocycles. The number of hydrogen-bond acceptors (Lipinski definition) is 2. The van der Waals surface area contributed by atoms with E-state index in [0.717, 1.165) is 6.54 Å². The highest BCUT2D eigenvalue weighted by Gasteiger charge is 2.18. The first kappa shape index (κ1) is 9.10. The van der Waals surface area contributed by atoms with Crippen LogP contribution in [-0.2, 0) is 0 Å². The molecule has 2 heteroatoms. The molecule has 13 heavy (non-hydrogen) atoms. The van der Waals surface area contributed by atoms with Crippen LogP contribution in [0.3, 0.4) is 0 Å². The van der Waals surface area contributed by atoms with E-state index in [0.29, 0.717) is 5.37 Å². The van der Waals surface area contributed by atoms with Crippen molar-refractivity contribution in [2.45, 2.75) is 19.2 Å². The topological polar surface area (TPSA) is 12.0 Å². The molecule has 0 amide bonds. The highest BCUT2D eigenvalue weighted by atomic mass is 32.2. The van der Waals surface area contributed by atoms with Gasteiger partial charge in [-0.1, -0.05) is 23.8 Å². The van der Waals surface area contributed by atoms with Crippen molar-refractivity contribution in [3.05, 3.63) is 34.9 Å². The van der Waals surface area contributed by atoms with E-state index >= 15 is 0 Å². The van der Waals surface area contributed by atoms with Crippen LogP contribution in [0.1, 0.15) is 22.1 Å². The highest BCUT2D eigenvalue weighted by Crippen LogP contribution is 2.32. The van der Waals surface area contributed by atoms with Gasteiger partial charge in [-0.05, 0) is 25.0 Å². The zero-order valence-electron chi connectivity index (χ0n) is 8.13. The van der Waals surface area contributed by atoms with Gasteiger partial charge in [-0.2, -0.15) is 0 Å². The van der Waals surface area contributed by atoms with Crippen LogP contribution in [0.2, 0.25) is 0 Å². The van der Waals surface area contributed by atoms with Crippen LogP contribution < -0.4 is 5.32 Å². The Bertz CT molecular complexity index is 303. The smallest absolute Gasteiger partial charge is 0.0792 e. The summed E-state index contributed by atoms with van der Waals surface area (Å²) < 4.78 is 0. The Kier molecular flexibility index (Phi) is 2.61. The maximum absolute atomic E-state index is 3.50. The van der Waals surface area contributed by atoms with Crippen LogP contribution in [0.25, 0.3) is 0 Å². The Hall–Kier alpha value is -0.470. The number of aryl methyl sites for hydroxylation is 2. The van der Waals surface area contributed by atoms with Crippen LogP contribution in [0.15, 0.2) is 18.2 Å². The van der Waals surface area contributed by atoms with Crippen LogP contribution >= 0.6 is 11.8 Å². The van der Waals surface area contributed by atoms with Gasteiger partial charge >= 0.3 is 0 Å². The number of benzene rings is 1. The summed E-state index contributed by atoms with van der Waals surface area (Å²) in [7, 11) is 0. The molecule has 1 aromatic rings. The number of rotatable bonds is 1. The summed E-state index contributed by atoms with van der Waals surface area (Å²) in [5.74, 6) is 1.23. The minimum atomic E-state index is 0.528. The summed E-state index contributed by atoms with van der Waals surface area (Å²) in [5.41, 5.74) is 4.22. The van der Waals surface area contributed by atoms with Crippen molar-refractivity contribution in [1.82, 2.24) is 5.32 Å². The van der Waals surface area contributed by atoms with Gasteiger partial charge in [0.05, 0.1) is 5.37 Å². The lowest BCUT2D eigenvalue weighted by molar-refractivity contribution is 0.746. The molecule has 1 atom stereocenters. The molecule has 1 N–H and O–H groups in total. The molecule has 0 aliphatic carbocycles. The van der Waals surface area contributed by atoms with Gasteiger partial charge in [-0.15, -0.1) is 11.8 Å². The second-order valence-electron chi connectivity index (χ2n) is 3.56. The van der Waals surface area contributed by atoms with Crippen LogP contribution in [-0.4, -0.2) is 12.3 Å². The summed E-state index contributed by atoms with van der Waals surface area (Å²) in [4.78, 5) is 0. The fourth-order valence-corrected chi connectivity index (χ4v) is 2.81. The van der Waals surface area contributed by atoms with E-state index in [-0.39, 0.29) is 0 Å². The third-order valence-electron chi connectivity index (χ3n) is 2.43. The third kappa shape index (κ3) is 1.89. The zero-order chi connectivity index (χ0) is 9.26. The van der Waals surface area contributed by atoms with Crippen molar-refractivity contribution in [3.63, 3.8) is 0 Å². The van der Waals surface area contributed by atoms with E-state index in [1.54, 1.807) is 0 Å². The predicted molar refractivity (Wildman–Crippen MR) is 59.1 cm³/mol. The molecule has 0 radical (unpaired) electrons. The first-order valence-corrected chi connectivity index (χ1v) is 5.74. The average Bonchev–Trinajstić information content (AvgIpc) is 2.61. The first-order chi connectivity index (χ1) is 6.27. The normalized spacial score (nSPS) is 22.2. The standard InChI is InChI=1S/C11H15NS/c1-8-3-4-9(2)10(7-8)11-12-5-6-13-11/h3-4,7,11-12H,5-6H2,1-2H3. The Labute approximate surface area is 83.9 Å². The zero-order valence-corrected chi connectivity index (χ0v) is 8.95. The molecule has 70 valence electrons. The molecule has 1 aliphatic heterocycles. The molecule has 1 fully saturated rings. The summed E-state index contributed by atoms with van der Waals surface area (Å²) in [6.07, 6.45) is 0. The molecule has 0 aromatic heterocycles. The monoisotopic (exact) mass is 193 g/mol. The minimum Gasteiger partial charge on any atom is -0.301 e. The maximum atomic E-state index is 3.50. The average molecular weight is 193 g/mol. The molecule has 1 heterocycles. The largest absolute Gasteiger partial charge is 0.301 e. The van der Waals surface area contributed by atoms with Crippen molar-refractivity contribution >= 4 is 11.8 Å². The SMILES string of the molecule is Cc1ccc(C)c(C2NCCS2)c1. The van der Waals surface area contributed by atoms with E-state index in [1.165, 1.54) is 22.4 Å². The van der Waals surface area contributed by atoms with Gasteiger partial charge in [0.15, 0.2) is 0 Å². The van der Waals surface area contributed by atoms with Crippen molar-refractivity contribution < 1.29 is 0 Å². The lowest BCUT2D eigenvalue weighted by Crippen LogP contribution is -2.13. The summed E-state index contributed by atoms with van der Waals surface area (Å²) >= 11 is 2.01. The van der Waals surface area contributed by atoms with Gasteiger partial charge < -0.3 is 5.32 Å².